The van der Waals surface area contributed by atoms with Crippen LogP contribution in [-0.4, -0.2) is 0 Å². The fourth-order valence-corrected chi connectivity index (χ4v) is 2.65. The van der Waals surface area contributed by atoms with Crippen molar-refractivity contribution in [2.75, 3.05) is 0 Å². The maximum Gasteiger partial charge on any atom is -0.0159 e. The maximum absolute atomic E-state index is 2.36. The van der Waals surface area contributed by atoms with Gasteiger partial charge in [0.25, 0.3) is 0 Å². The molecule has 76 valence electrons. The van der Waals surface area contributed by atoms with Crippen molar-refractivity contribution in [3.05, 3.63) is 35.9 Å². The van der Waals surface area contributed by atoms with Gasteiger partial charge in [-0.1, -0.05) is 44.2 Å². The van der Waals surface area contributed by atoms with E-state index in [9.17, 15) is 0 Å². The summed E-state index contributed by atoms with van der Waals surface area (Å²) in [5.74, 6) is 2.66. The smallest absolute Gasteiger partial charge is 0.0159 e. The monoisotopic (exact) mass is 188 g/mol. The third-order valence-electron chi connectivity index (χ3n) is 3.69. The molecule has 1 aliphatic carbocycles. The van der Waals surface area contributed by atoms with Crippen LogP contribution >= 0.6 is 0 Å². The van der Waals surface area contributed by atoms with Crippen LogP contribution < -0.4 is 0 Å². The molecule has 2 rings (SSSR count). The second kappa shape index (κ2) is 4.16. The summed E-state index contributed by atoms with van der Waals surface area (Å²) in [5, 5.41) is 0. The molecule has 0 nitrogen and oxygen atoms in total. The lowest BCUT2D eigenvalue weighted by Gasteiger charge is -2.14. The fourth-order valence-electron chi connectivity index (χ4n) is 2.65. The van der Waals surface area contributed by atoms with Gasteiger partial charge < -0.3 is 0 Å². The number of rotatable bonds is 2. The molecular formula is C14H20. The number of benzene rings is 1. The Morgan fingerprint density at radius 1 is 1.07 bits per heavy atom. The van der Waals surface area contributed by atoms with E-state index in [1.165, 1.54) is 19.3 Å². The van der Waals surface area contributed by atoms with Crippen LogP contribution in [0.15, 0.2) is 30.3 Å². The Morgan fingerprint density at radius 2 is 1.79 bits per heavy atom. The first-order valence-corrected chi connectivity index (χ1v) is 5.82. The highest BCUT2D eigenvalue weighted by Crippen LogP contribution is 2.41. The third kappa shape index (κ3) is 2.00. The molecular weight excluding hydrogens is 168 g/mol. The van der Waals surface area contributed by atoms with Crippen LogP contribution in [0.25, 0.3) is 0 Å². The van der Waals surface area contributed by atoms with Gasteiger partial charge in [-0.2, -0.15) is 0 Å². The van der Waals surface area contributed by atoms with Crippen molar-refractivity contribution in [3.8, 4) is 0 Å². The van der Waals surface area contributed by atoms with E-state index in [-0.39, 0.29) is 0 Å². The van der Waals surface area contributed by atoms with Gasteiger partial charge in [-0.15, -0.1) is 0 Å². The molecule has 1 saturated carbocycles. The molecule has 14 heavy (non-hydrogen) atoms. The molecule has 0 radical (unpaired) electrons. The zero-order valence-corrected chi connectivity index (χ0v) is 9.24. The number of hydrogen-bond acceptors (Lipinski definition) is 0. The second-order valence-corrected chi connectivity index (χ2v) is 4.92. The van der Waals surface area contributed by atoms with Crippen molar-refractivity contribution in [2.45, 2.75) is 39.0 Å². The van der Waals surface area contributed by atoms with Crippen LogP contribution in [0, 0.1) is 11.8 Å². The van der Waals surface area contributed by atoms with Crippen molar-refractivity contribution in [2.24, 2.45) is 11.8 Å². The maximum atomic E-state index is 2.36. The Morgan fingerprint density at radius 3 is 2.36 bits per heavy atom. The van der Waals surface area contributed by atoms with E-state index in [2.05, 4.69) is 44.2 Å². The van der Waals surface area contributed by atoms with E-state index >= 15 is 0 Å². The summed E-state index contributed by atoms with van der Waals surface area (Å²) in [7, 11) is 0. The molecule has 1 aliphatic rings. The molecule has 0 heteroatoms. The van der Waals surface area contributed by atoms with Gasteiger partial charge in [0.15, 0.2) is 0 Å². The minimum absolute atomic E-state index is 0.837. The van der Waals surface area contributed by atoms with E-state index in [1.807, 2.05) is 0 Å². The van der Waals surface area contributed by atoms with Gasteiger partial charge in [0.2, 0.25) is 0 Å². The van der Waals surface area contributed by atoms with E-state index < -0.39 is 0 Å². The summed E-state index contributed by atoms with van der Waals surface area (Å²) in [6, 6.07) is 11.0. The Kier molecular flexibility index (Phi) is 2.90. The fraction of sp³-hybridized carbons (Fsp3) is 0.571. The van der Waals surface area contributed by atoms with E-state index in [0.29, 0.717) is 0 Å². The van der Waals surface area contributed by atoms with E-state index in [0.717, 1.165) is 17.8 Å². The molecule has 1 aromatic rings. The zero-order valence-electron chi connectivity index (χ0n) is 9.24. The molecule has 0 aliphatic heterocycles. The Balaban J connectivity index is 2.03. The van der Waals surface area contributed by atoms with Crippen LogP contribution in [0.5, 0.6) is 0 Å². The predicted molar refractivity (Wildman–Crippen MR) is 61.4 cm³/mol. The van der Waals surface area contributed by atoms with Crippen LogP contribution in [0.2, 0.25) is 0 Å². The molecule has 0 N–H and O–H groups in total. The molecule has 0 unspecified atom stereocenters. The van der Waals surface area contributed by atoms with Crippen LogP contribution in [0.1, 0.15) is 44.6 Å². The Bertz CT molecular complexity index is 273. The van der Waals surface area contributed by atoms with Gasteiger partial charge in [-0.05, 0) is 42.6 Å². The van der Waals surface area contributed by atoms with Crippen molar-refractivity contribution in [3.63, 3.8) is 0 Å². The normalized spacial score (nSPS) is 27.1. The average Bonchev–Trinajstić information content (AvgIpc) is 2.68. The van der Waals surface area contributed by atoms with Gasteiger partial charge >= 0.3 is 0 Å². The topological polar surface area (TPSA) is 0 Å². The molecule has 0 amide bonds. The molecule has 0 aromatic heterocycles. The van der Waals surface area contributed by atoms with Crippen molar-refractivity contribution >= 4 is 0 Å². The summed E-state index contributed by atoms with van der Waals surface area (Å²) in [4.78, 5) is 0. The first-order chi connectivity index (χ1) is 6.77. The first-order valence-electron chi connectivity index (χ1n) is 5.82. The summed E-state index contributed by atoms with van der Waals surface area (Å²) in [5.41, 5.74) is 1.55. The molecule has 0 saturated heterocycles. The van der Waals surface area contributed by atoms with Gasteiger partial charge in [0.1, 0.15) is 0 Å². The summed E-state index contributed by atoms with van der Waals surface area (Å²) < 4.78 is 0. The largest absolute Gasteiger partial charge is 0.0625 e. The van der Waals surface area contributed by atoms with Crippen LogP contribution in [0.4, 0.5) is 0 Å². The molecule has 1 aromatic carbocycles. The first kappa shape index (κ1) is 9.76. The quantitative estimate of drug-likeness (QED) is 0.651. The van der Waals surface area contributed by atoms with Crippen molar-refractivity contribution in [1.82, 2.24) is 0 Å². The second-order valence-electron chi connectivity index (χ2n) is 4.92. The van der Waals surface area contributed by atoms with E-state index in [4.69, 9.17) is 0 Å². The summed E-state index contributed by atoms with van der Waals surface area (Å²) in [6.07, 6.45) is 4.23. The lowest BCUT2D eigenvalue weighted by molar-refractivity contribution is 0.391. The van der Waals surface area contributed by atoms with Gasteiger partial charge in [-0.25, -0.2) is 0 Å². The minimum Gasteiger partial charge on any atom is -0.0625 e. The number of hydrogen-bond donors (Lipinski definition) is 0. The van der Waals surface area contributed by atoms with Crippen LogP contribution in [0.3, 0.4) is 0 Å². The SMILES string of the molecule is CC(C)[C@@H]1CC[C@@H](c2ccccc2)C1. The van der Waals surface area contributed by atoms with Gasteiger partial charge in [0.05, 0.1) is 0 Å². The van der Waals surface area contributed by atoms with Crippen LogP contribution in [-0.2, 0) is 0 Å². The molecule has 0 bridgehead atoms. The molecule has 2 atom stereocenters. The predicted octanol–water partition coefficient (Wildman–Crippen LogP) is 4.23. The highest BCUT2D eigenvalue weighted by Gasteiger charge is 2.27. The van der Waals surface area contributed by atoms with Gasteiger partial charge in [0, 0.05) is 0 Å². The highest BCUT2D eigenvalue weighted by atomic mass is 14.3. The van der Waals surface area contributed by atoms with Crippen molar-refractivity contribution < 1.29 is 0 Å². The Hall–Kier alpha value is -0.780. The van der Waals surface area contributed by atoms with Gasteiger partial charge in [-0.3, -0.25) is 0 Å². The highest BCUT2D eigenvalue weighted by molar-refractivity contribution is 5.20. The third-order valence-corrected chi connectivity index (χ3v) is 3.69. The lowest BCUT2D eigenvalue weighted by Crippen LogP contribution is -2.03. The zero-order chi connectivity index (χ0) is 9.97. The molecule has 0 spiro atoms. The average molecular weight is 188 g/mol. The standard InChI is InChI=1S/C14H20/c1-11(2)13-8-9-14(10-13)12-6-4-3-5-7-12/h3-7,11,13-14H,8-10H2,1-2H3/t13-,14-/m1/s1. The molecule has 0 heterocycles. The summed E-state index contributed by atoms with van der Waals surface area (Å²) in [6.45, 7) is 4.72. The minimum atomic E-state index is 0.837. The van der Waals surface area contributed by atoms with Crippen molar-refractivity contribution in [1.29, 1.82) is 0 Å². The summed E-state index contributed by atoms with van der Waals surface area (Å²) >= 11 is 0. The Labute approximate surface area is 87.3 Å². The van der Waals surface area contributed by atoms with E-state index in [1.54, 1.807) is 5.56 Å². The molecule has 1 fully saturated rings. The lowest BCUT2D eigenvalue weighted by atomic mass is 9.91.